The molecule has 1 saturated heterocycles. The fourth-order valence-corrected chi connectivity index (χ4v) is 4.02. The molecule has 0 spiro atoms. The molecule has 3 heterocycles. The molecule has 8 heteroatoms. The van der Waals surface area contributed by atoms with E-state index < -0.39 is 0 Å². The summed E-state index contributed by atoms with van der Waals surface area (Å²) in [5.74, 6) is 0.832. The van der Waals surface area contributed by atoms with Gasteiger partial charge in [0.25, 0.3) is 0 Å². The quantitative estimate of drug-likeness (QED) is 0.706. The molecule has 0 bridgehead atoms. The fourth-order valence-electron chi connectivity index (χ4n) is 3.30. The summed E-state index contributed by atoms with van der Waals surface area (Å²) < 4.78 is 7.35. The van der Waals surface area contributed by atoms with Crippen LogP contribution in [-0.2, 0) is 29.0 Å². The zero-order valence-corrected chi connectivity index (χ0v) is 16.2. The summed E-state index contributed by atoms with van der Waals surface area (Å²) in [5.41, 5.74) is 2.89. The molecule has 0 atom stereocenters. The number of fused-ring (bicyclic) bond motifs is 1. The topological polar surface area (TPSA) is 72.3 Å². The predicted molar refractivity (Wildman–Crippen MR) is 106 cm³/mol. The van der Waals surface area contributed by atoms with Crippen LogP contribution in [-0.4, -0.2) is 51.6 Å². The number of carbonyl (C=O) groups excluding carboxylic acids is 1. The Morgan fingerprint density at radius 2 is 2.07 bits per heavy atom. The lowest BCUT2D eigenvalue weighted by Gasteiger charge is -2.25. The lowest BCUT2D eigenvalue weighted by molar-refractivity contribution is -0.116. The van der Waals surface area contributed by atoms with Gasteiger partial charge in [0.15, 0.2) is 5.13 Å². The molecule has 4 rings (SSSR count). The molecule has 3 aromatic rings. The second kappa shape index (κ2) is 8.16. The van der Waals surface area contributed by atoms with Crippen molar-refractivity contribution in [2.75, 3.05) is 31.6 Å². The maximum absolute atomic E-state index is 12.6. The molecule has 1 aliphatic heterocycles. The van der Waals surface area contributed by atoms with Crippen molar-refractivity contribution in [1.29, 1.82) is 0 Å². The number of amides is 1. The molecule has 1 aromatic carbocycles. The largest absolute Gasteiger partial charge is 0.379 e. The van der Waals surface area contributed by atoms with E-state index in [0.29, 0.717) is 5.13 Å². The van der Waals surface area contributed by atoms with Crippen molar-refractivity contribution in [2.24, 2.45) is 0 Å². The average Bonchev–Trinajstić information content (AvgIpc) is 3.27. The third-order valence-corrected chi connectivity index (χ3v) is 5.45. The van der Waals surface area contributed by atoms with Crippen LogP contribution in [0.4, 0.5) is 5.13 Å². The zero-order valence-electron chi connectivity index (χ0n) is 15.4. The number of anilines is 1. The van der Waals surface area contributed by atoms with E-state index in [1.54, 1.807) is 0 Å². The highest BCUT2D eigenvalue weighted by Crippen LogP contribution is 2.19. The SMILES string of the molecule is CCc1nc2ccccc2n1CC(=O)Nc1nc(CN2CCOCC2)cs1. The van der Waals surface area contributed by atoms with Crippen molar-refractivity contribution in [2.45, 2.75) is 26.4 Å². The number of aromatic nitrogens is 3. The highest BCUT2D eigenvalue weighted by molar-refractivity contribution is 7.13. The predicted octanol–water partition coefficient (Wildman–Crippen LogP) is 2.53. The molecule has 27 heavy (non-hydrogen) atoms. The van der Waals surface area contributed by atoms with Crippen LogP contribution in [0.3, 0.4) is 0 Å². The van der Waals surface area contributed by atoms with E-state index in [4.69, 9.17) is 4.74 Å². The molecule has 1 fully saturated rings. The van der Waals surface area contributed by atoms with E-state index in [2.05, 4.69) is 20.2 Å². The first-order valence-electron chi connectivity index (χ1n) is 9.21. The number of para-hydroxylation sites is 2. The van der Waals surface area contributed by atoms with Gasteiger partial charge in [-0.25, -0.2) is 9.97 Å². The number of imidazole rings is 1. The fraction of sp³-hybridized carbons (Fsp3) is 0.421. The molecule has 0 aliphatic carbocycles. The van der Waals surface area contributed by atoms with Gasteiger partial charge in [-0.3, -0.25) is 9.69 Å². The van der Waals surface area contributed by atoms with Gasteiger partial charge in [0.1, 0.15) is 12.4 Å². The summed E-state index contributed by atoms with van der Waals surface area (Å²) in [6.07, 6.45) is 0.781. The highest BCUT2D eigenvalue weighted by atomic mass is 32.1. The Balaban J connectivity index is 1.41. The average molecular weight is 385 g/mol. The van der Waals surface area contributed by atoms with E-state index in [-0.39, 0.29) is 12.5 Å². The Morgan fingerprint density at radius 1 is 1.26 bits per heavy atom. The van der Waals surface area contributed by atoms with Crippen LogP contribution in [0, 0.1) is 0 Å². The van der Waals surface area contributed by atoms with Crippen LogP contribution in [0.1, 0.15) is 18.4 Å². The number of morpholine rings is 1. The minimum atomic E-state index is -0.0832. The number of thiazole rings is 1. The molecular weight excluding hydrogens is 362 g/mol. The molecule has 1 aliphatic rings. The van der Waals surface area contributed by atoms with Crippen molar-refractivity contribution in [3.63, 3.8) is 0 Å². The van der Waals surface area contributed by atoms with Gasteiger partial charge in [-0.1, -0.05) is 19.1 Å². The van der Waals surface area contributed by atoms with Crippen molar-refractivity contribution in [3.05, 3.63) is 41.2 Å². The molecular formula is C19H23N5O2S. The second-order valence-electron chi connectivity index (χ2n) is 6.54. The third kappa shape index (κ3) is 4.18. The van der Waals surface area contributed by atoms with Gasteiger partial charge in [-0.15, -0.1) is 11.3 Å². The maximum atomic E-state index is 12.6. The first-order valence-corrected chi connectivity index (χ1v) is 10.1. The van der Waals surface area contributed by atoms with Crippen LogP contribution in [0.15, 0.2) is 29.6 Å². The van der Waals surface area contributed by atoms with Gasteiger partial charge >= 0.3 is 0 Å². The summed E-state index contributed by atoms with van der Waals surface area (Å²) >= 11 is 1.47. The monoisotopic (exact) mass is 385 g/mol. The molecule has 2 aromatic heterocycles. The number of ether oxygens (including phenoxy) is 1. The van der Waals surface area contributed by atoms with Crippen LogP contribution in [0.25, 0.3) is 11.0 Å². The Hall–Kier alpha value is -2.29. The van der Waals surface area contributed by atoms with Crippen molar-refractivity contribution in [1.82, 2.24) is 19.4 Å². The van der Waals surface area contributed by atoms with E-state index in [1.807, 2.05) is 41.1 Å². The highest BCUT2D eigenvalue weighted by Gasteiger charge is 2.15. The van der Waals surface area contributed by atoms with E-state index >= 15 is 0 Å². The number of benzene rings is 1. The number of hydrogen-bond acceptors (Lipinski definition) is 6. The number of carbonyl (C=O) groups is 1. The summed E-state index contributed by atoms with van der Waals surface area (Å²) in [6.45, 7) is 6.47. The van der Waals surface area contributed by atoms with Gasteiger partial charge in [-0.2, -0.15) is 0 Å². The lowest BCUT2D eigenvalue weighted by atomic mass is 10.3. The number of rotatable bonds is 6. The number of hydrogen-bond donors (Lipinski definition) is 1. The number of nitrogens with one attached hydrogen (secondary N) is 1. The molecule has 0 unspecified atom stereocenters. The first-order chi connectivity index (χ1) is 13.2. The standard InChI is InChI=1S/C19H23N5O2S/c1-2-17-21-15-5-3-4-6-16(15)24(17)12-18(25)22-19-20-14(13-27-19)11-23-7-9-26-10-8-23/h3-6,13H,2,7-12H2,1H3,(H,20,22,25). The van der Waals surface area contributed by atoms with E-state index in [9.17, 15) is 4.79 Å². The Bertz CT molecular complexity index is 929. The Kier molecular flexibility index (Phi) is 5.47. The van der Waals surface area contributed by atoms with Crippen LogP contribution < -0.4 is 5.32 Å². The molecule has 142 valence electrons. The molecule has 1 N–H and O–H groups in total. The van der Waals surface area contributed by atoms with Crippen molar-refractivity contribution in [3.8, 4) is 0 Å². The first kappa shape index (κ1) is 18.1. The van der Waals surface area contributed by atoms with Gasteiger partial charge < -0.3 is 14.6 Å². The summed E-state index contributed by atoms with van der Waals surface area (Å²) in [4.78, 5) is 24.1. The minimum absolute atomic E-state index is 0.0832. The maximum Gasteiger partial charge on any atom is 0.246 e. The van der Waals surface area contributed by atoms with Gasteiger partial charge in [-0.05, 0) is 12.1 Å². The van der Waals surface area contributed by atoms with Crippen LogP contribution in [0.5, 0.6) is 0 Å². The van der Waals surface area contributed by atoms with Crippen molar-refractivity contribution < 1.29 is 9.53 Å². The summed E-state index contributed by atoms with van der Waals surface area (Å²) in [5, 5.41) is 5.58. The normalized spacial score (nSPS) is 15.3. The number of nitrogens with zero attached hydrogens (tertiary/aromatic N) is 4. The van der Waals surface area contributed by atoms with Gasteiger partial charge in [0.05, 0.1) is 29.9 Å². The smallest absolute Gasteiger partial charge is 0.246 e. The van der Waals surface area contributed by atoms with Crippen LogP contribution >= 0.6 is 11.3 Å². The molecule has 0 saturated carbocycles. The molecule has 0 radical (unpaired) electrons. The molecule has 7 nitrogen and oxygen atoms in total. The Morgan fingerprint density at radius 3 is 2.89 bits per heavy atom. The number of aryl methyl sites for hydroxylation is 1. The van der Waals surface area contributed by atoms with Crippen molar-refractivity contribution >= 4 is 33.4 Å². The summed E-state index contributed by atoms with van der Waals surface area (Å²) in [6, 6.07) is 7.90. The van der Waals surface area contributed by atoms with Gasteiger partial charge in [0, 0.05) is 31.4 Å². The third-order valence-electron chi connectivity index (χ3n) is 4.64. The lowest BCUT2D eigenvalue weighted by Crippen LogP contribution is -2.35. The van der Waals surface area contributed by atoms with Crippen LogP contribution in [0.2, 0.25) is 0 Å². The Labute approximate surface area is 162 Å². The molecule has 1 amide bonds. The van der Waals surface area contributed by atoms with E-state index in [0.717, 1.165) is 61.8 Å². The van der Waals surface area contributed by atoms with E-state index in [1.165, 1.54) is 11.3 Å². The van der Waals surface area contributed by atoms with Gasteiger partial charge in [0.2, 0.25) is 5.91 Å². The summed E-state index contributed by atoms with van der Waals surface area (Å²) in [7, 11) is 0. The minimum Gasteiger partial charge on any atom is -0.379 e. The zero-order chi connectivity index (χ0) is 18.6. The second-order valence-corrected chi connectivity index (χ2v) is 7.40.